The Bertz CT molecular complexity index is 1050. The van der Waals surface area contributed by atoms with Gasteiger partial charge in [-0.1, -0.05) is 57.2 Å². The number of benzene rings is 1. The quantitative estimate of drug-likeness (QED) is 0.500. The van der Waals surface area contributed by atoms with Crippen molar-refractivity contribution in [2.75, 3.05) is 4.90 Å². The zero-order chi connectivity index (χ0) is 18.6. The van der Waals surface area contributed by atoms with Crippen molar-refractivity contribution in [2.45, 2.75) is 65.5 Å². The van der Waals surface area contributed by atoms with Crippen LogP contribution in [-0.2, 0) is 11.0 Å². The van der Waals surface area contributed by atoms with Crippen molar-refractivity contribution in [2.24, 2.45) is 5.41 Å². The molecular weight excluding hydrogens is 338 g/mol. The van der Waals surface area contributed by atoms with Gasteiger partial charge in [-0.25, -0.2) is 4.98 Å². The van der Waals surface area contributed by atoms with Gasteiger partial charge in [-0.05, 0) is 37.3 Å². The molecule has 2 aliphatic heterocycles. The van der Waals surface area contributed by atoms with E-state index in [1.54, 1.807) is 0 Å². The number of nitrogens with zero attached hydrogens (tertiary/aromatic N) is 3. The minimum atomic E-state index is -0.0939. The normalized spacial score (nSPS) is 28.1. The van der Waals surface area contributed by atoms with Gasteiger partial charge in [0.2, 0.25) is 0 Å². The summed E-state index contributed by atoms with van der Waals surface area (Å²) < 4.78 is 2.34. The van der Waals surface area contributed by atoms with E-state index in [0.29, 0.717) is 6.04 Å². The summed E-state index contributed by atoms with van der Waals surface area (Å²) in [6.07, 6.45) is 4.07. The second-order valence-electron chi connectivity index (χ2n) is 9.23. The van der Waals surface area contributed by atoms with Gasteiger partial charge in [-0.2, -0.15) is 0 Å². The lowest BCUT2D eigenvalue weighted by atomic mass is 9.52. The maximum atomic E-state index is 4.59. The highest BCUT2D eigenvalue weighted by molar-refractivity contribution is 7.17. The molecule has 3 nitrogen and oxygen atoms in total. The fourth-order valence-electron chi connectivity index (χ4n) is 5.62. The van der Waals surface area contributed by atoms with Crippen LogP contribution in [0.3, 0.4) is 0 Å². The zero-order valence-electron chi connectivity index (χ0n) is 16.7. The van der Waals surface area contributed by atoms with Crippen molar-refractivity contribution in [3.8, 4) is 0 Å². The Kier molecular flexibility index (Phi) is 2.85. The number of fused-ring (bicyclic) bond motifs is 7. The molecule has 0 saturated heterocycles. The van der Waals surface area contributed by atoms with Crippen LogP contribution in [0.15, 0.2) is 30.6 Å². The second-order valence-corrected chi connectivity index (χ2v) is 10.2. The third-order valence-corrected chi connectivity index (χ3v) is 9.16. The van der Waals surface area contributed by atoms with Gasteiger partial charge < -0.3 is 4.90 Å². The van der Waals surface area contributed by atoms with E-state index in [0.717, 1.165) is 4.96 Å². The van der Waals surface area contributed by atoms with E-state index >= 15 is 0 Å². The SMILES string of the molecule is Cc1cccc2c1N1C(C)c3sc4nccn4c3C1(C)C(C)(C)C2(C)C. The predicted octanol–water partition coefficient (Wildman–Crippen LogP) is 5.82. The van der Waals surface area contributed by atoms with Crippen LogP contribution in [0, 0.1) is 12.3 Å². The number of imidazole rings is 1. The number of aryl methyl sites for hydroxylation is 1. The molecule has 0 aliphatic carbocycles. The molecule has 2 atom stereocenters. The lowest BCUT2D eigenvalue weighted by molar-refractivity contribution is 0.0620. The average Bonchev–Trinajstić information content (AvgIpc) is 3.19. The van der Waals surface area contributed by atoms with E-state index in [4.69, 9.17) is 0 Å². The Labute approximate surface area is 159 Å². The Balaban J connectivity index is 1.95. The number of para-hydroxylation sites is 1. The molecule has 1 aromatic carbocycles. The molecule has 26 heavy (non-hydrogen) atoms. The number of rotatable bonds is 0. The zero-order valence-corrected chi connectivity index (χ0v) is 17.5. The van der Waals surface area contributed by atoms with Crippen molar-refractivity contribution in [1.82, 2.24) is 9.38 Å². The van der Waals surface area contributed by atoms with Crippen molar-refractivity contribution in [1.29, 1.82) is 0 Å². The van der Waals surface area contributed by atoms with Crippen LogP contribution in [0.1, 0.15) is 69.3 Å². The van der Waals surface area contributed by atoms with Crippen molar-refractivity contribution in [3.05, 3.63) is 52.3 Å². The number of anilines is 1. The predicted molar refractivity (Wildman–Crippen MR) is 109 cm³/mol. The smallest absolute Gasteiger partial charge is 0.194 e. The molecule has 0 radical (unpaired) electrons. The molecule has 136 valence electrons. The summed E-state index contributed by atoms with van der Waals surface area (Å²) in [7, 11) is 0. The summed E-state index contributed by atoms with van der Waals surface area (Å²) in [6.45, 7) is 16.8. The van der Waals surface area contributed by atoms with Crippen LogP contribution in [-0.4, -0.2) is 9.38 Å². The molecule has 4 heterocycles. The lowest BCUT2D eigenvalue weighted by Crippen LogP contribution is -2.62. The van der Waals surface area contributed by atoms with E-state index in [2.05, 4.69) is 87.1 Å². The summed E-state index contributed by atoms with van der Waals surface area (Å²) in [5.41, 5.74) is 5.72. The molecule has 0 bridgehead atoms. The van der Waals surface area contributed by atoms with Crippen molar-refractivity contribution < 1.29 is 0 Å². The van der Waals surface area contributed by atoms with Crippen LogP contribution < -0.4 is 4.90 Å². The maximum absolute atomic E-state index is 4.59. The summed E-state index contributed by atoms with van der Waals surface area (Å²) in [4.78, 5) is 9.89. The second kappa shape index (κ2) is 4.53. The molecule has 0 saturated carbocycles. The largest absolute Gasteiger partial charge is 0.352 e. The topological polar surface area (TPSA) is 20.5 Å². The molecule has 2 unspecified atom stereocenters. The van der Waals surface area contributed by atoms with Crippen LogP contribution in [0.5, 0.6) is 0 Å². The number of aromatic nitrogens is 2. The van der Waals surface area contributed by atoms with Crippen molar-refractivity contribution >= 4 is 22.0 Å². The highest BCUT2D eigenvalue weighted by Gasteiger charge is 2.65. The van der Waals surface area contributed by atoms with E-state index in [9.17, 15) is 0 Å². The number of hydrogen-bond acceptors (Lipinski definition) is 3. The fourth-order valence-corrected chi connectivity index (χ4v) is 6.85. The van der Waals surface area contributed by atoms with E-state index < -0.39 is 0 Å². The third kappa shape index (κ3) is 1.47. The molecule has 0 fully saturated rings. The van der Waals surface area contributed by atoms with Crippen LogP contribution in [0.4, 0.5) is 5.69 Å². The summed E-state index contributed by atoms with van der Waals surface area (Å²) in [6, 6.07) is 7.19. The minimum Gasteiger partial charge on any atom is -0.352 e. The number of hydrogen-bond donors (Lipinski definition) is 0. The highest BCUT2D eigenvalue weighted by Crippen LogP contribution is 2.68. The molecule has 2 aliphatic rings. The first-order valence-corrected chi connectivity index (χ1v) is 10.3. The van der Waals surface area contributed by atoms with E-state index in [-0.39, 0.29) is 16.4 Å². The molecule has 0 amide bonds. The molecular formula is C22H27N3S. The molecule has 4 heteroatoms. The van der Waals surface area contributed by atoms with Gasteiger partial charge in [0.25, 0.3) is 0 Å². The summed E-state index contributed by atoms with van der Waals surface area (Å²) >= 11 is 1.86. The van der Waals surface area contributed by atoms with Gasteiger partial charge in [-0.3, -0.25) is 4.40 Å². The molecule has 2 aromatic heterocycles. The van der Waals surface area contributed by atoms with Gasteiger partial charge >= 0.3 is 0 Å². The van der Waals surface area contributed by atoms with Crippen LogP contribution >= 0.6 is 11.3 Å². The summed E-state index contributed by atoms with van der Waals surface area (Å²) in [5.74, 6) is 0. The highest BCUT2D eigenvalue weighted by atomic mass is 32.1. The monoisotopic (exact) mass is 365 g/mol. The average molecular weight is 366 g/mol. The Morgan fingerprint density at radius 3 is 2.58 bits per heavy atom. The Morgan fingerprint density at radius 1 is 1.12 bits per heavy atom. The lowest BCUT2D eigenvalue weighted by Gasteiger charge is -2.62. The number of thiazole rings is 1. The first-order chi connectivity index (χ1) is 12.1. The van der Waals surface area contributed by atoms with Crippen LogP contribution in [0.2, 0.25) is 0 Å². The van der Waals surface area contributed by atoms with Gasteiger partial charge in [0.05, 0.1) is 22.2 Å². The maximum Gasteiger partial charge on any atom is 0.194 e. The van der Waals surface area contributed by atoms with Gasteiger partial charge in [-0.15, -0.1) is 0 Å². The first kappa shape index (κ1) is 16.4. The minimum absolute atomic E-state index is 0.0403. The fraction of sp³-hybridized carbons (Fsp3) is 0.500. The molecule has 0 N–H and O–H groups in total. The standard InChI is InChI=1S/C22H27N3S/c1-13-9-8-10-15-16(13)25-14(2)17-18(24-12-11-23-19(24)26-17)22(25,7)21(5,6)20(15,3)4/h8-12,14H,1-7H3. The van der Waals surface area contributed by atoms with Gasteiger partial charge in [0, 0.05) is 23.5 Å². The third-order valence-electron chi connectivity index (χ3n) is 7.92. The molecule has 5 rings (SSSR count). The van der Waals surface area contributed by atoms with Crippen molar-refractivity contribution in [3.63, 3.8) is 0 Å². The Morgan fingerprint density at radius 2 is 1.85 bits per heavy atom. The van der Waals surface area contributed by atoms with Gasteiger partial charge in [0.15, 0.2) is 4.96 Å². The molecule has 3 aromatic rings. The molecule has 0 spiro atoms. The Hall–Kier alpha value is -1.81. The van der Waals surface area contributed by atoms with E-state index in [1.165, 1.54) is 27.4 Å². The van der Waals surface area contributed by atoms with Crippen LogP contribution in [0.25, 0.3) is 4.96 Å². The van der Waals surface area contributed by atoms with Gasteiger partial charge in [0.1, 0.15) is 0 Å². The summed E-state index contributed by atoms with van der Waals surface area (Å²) in [5, 5.41) is 0. The first-order valence-electron chi connectivity index (χ1n) is 9.49. The van der Waals surface area contributed by atoms with E-state index in [1.807, 2.05) is 17.5 Å².